The molecule has 1 aromatic heterocycles. The highest BCUT2D eigenvalue weighted by Gasteiger charge is 2.16. The molecule has 0 amide bonds. The molecular formula is C13H25N5O2S. The molecular weight excluding hydrogens is 290 g/mol. The second kappa shape index (κ2) is 8.89. The van der Waals surface area contributed by atoms with Crippen molar-refractivity contribution in [3.05, 3.63) is 0 Å². The third-order valence-corrected chi connectivity index (χ3v) is 3.86. The number of anilines is 1. The summed E-state index contributed by atoms with van der Waals surface area (Å²) in [6.07, 6.45) is 2.00. The molecule has 0 radical (unpaired) electrons. The highest BCUT2D eigenvalue weighted by Crippen LogP contribution is 2.21. The molecule has 21 heavy (non-hydrogen) atoms. The van der Waals surface area contributed by atoms with Gasteiger partial charge in [-0.05, 0) is 33.5 Å². The van der Waals surface area contributed by atoms with Crippen molar-refractivity contribution in [2.45, 2.75) is 31.5 Å². The summed E-state index contributed by atoms with van der Waals surface area (Å²) in [5.74, 6) is -0.0259. The zero-order valence-electron chi connectivity index (χ0n) is 13.2. The molecule has 0 aliphatic carbocycles. The number of thioether (sulfide) groups is 1. The minimum atomic E-state index is -0.841. The van der Waals surface area contributed by atoms with E-state index in [1.54, 1.807) is 0 Å². The first-order valence-electron chi connectivity index (χ1n) is 7.09. The quantitative estimate of drug-likeness (QED) is 0.651. The van der Waals surface area contributed by atoms with Gasteiger partial charge < -0.3 is 14.9 Å². The van der Waals surface area contributed by atoms with Gasteiger partial charge in [-0.1, -0.05) is 18.7 Å². The lowest BCUT2D eigenvalue weighted by Gasteiger charge is -2.20. The van der Waals surface area contributed by atoms with Gasteiger partial charge in [-0.15, -0.1) is 10.2 Å². The van der Waals surface area contributed by atoms with Gasteiger partial charge in [0, 0.05) is 20.1 Å². The number of carboxylic acids is 1. The summed E-state index contributed by atoms with van der Waals surface area (Å²) in [5, 5.41) is 17.8. The number of aliphatic carboxylic acids is 1. The predicted octanol–water partition coefficient (Wildman–Crippen LogP) is 1.25. The topological polar surface area (TPSA) is 74.5 Å². The Kier molecular flexibility index (Phi) is 7.52. The van der Waals surface area contributed by atoms with Gasteiger partial charge in [0.05, 0.1) is 5.75 Å². The van der Waals surface area contributed by atoms with Crippen molar-refractivity contribution in [2.24, 2.45) is 0 Å². The molecule has 7 nitrogen and oxygen atoms in total. The third kappa shape index (κ3) is 5.92. The first kappa shape index (κ1) is 17.8. The van der Waals surface area contributed by atoms with Crippen molar-refractivity contribution in [1.29, 1.82) is 0 Å². The summed E-state index contributed by atoms with van der Waals surface area (Å²) in [7, 11) is 6.11. The van der Waals surface area contributed by atoms with Gasteiger partial charge in [-0.25, -0.2) is 0 Å². The molecule has 0 aromatic carbocycles. The van der Waals surface area contributed by atoms with E-state index >= 15 is 0 Å². The van der Waals surface area contributed by atoms with E-state index < -0.39 is 5.97 Å². The zero-order chi connectivity index (χ0) is 15.8. The van der Waals surface area contributed by atoms with Crippen LogP contribution in [-0.2, 0) is 11.3 Å². The lowest BCUT2D eigenvalue weighted by atomic mass is 10.4. The maximum atomic E-state index is 10.7. The minimum absolute atomic E-state index is 0.00614. The molecule has 0 bridgehead atoms. The Morgan fingerprint density at radius 2 is 2.00 bits per heavy atom. The van der Waals surface area contributed by atoms with Gasteiger partial charge >= 0.3 is 5.97 Å². The van der Waals surface area contributed by atoms with Gasteiger partial charge in [0.1, 0.15) is 0 Å². The van der Waals surface area contributed by atoms with Crippen molar-refractivity contribution in [3.63, 3.8) is 0 Å². The van der Waals surface area contributed by atoms with E-state index in [1.165, 1.54) is 11.8 Å². The van der Waals surface area contributed by atoms with E-state index in [0.717, 1.165) is 38.4 Å². The number of nitrogens with zero attached hydrogens (tertiary/aromatic N) is 5. The Bertz CT molecular complexity index is 450. The molecule has 120 valence electrons. The SMILES string of the molecule is CCCn1c(SCC(=O)O)nnc1N(C)CCCN(C)C. The van der Waals surface area contributed by atoms with Crippen molar-refractivity contribution < 1.29 is 9.90 Å². The van der Waals surface area contributed by atoms with E-state index in [9.17, 15) is 4.79 Å². The summed E-state index contributed by atoms with van der Waals surface area (Å²) in [4.78, 5) is 14.9. The van der Waals surface area contributed by atoms with Crippen LogP contribution in [0.25, 0.3) is 0 Å². The average molecular weight is 315 g/mol. The highest BCUT2D eigenvalue weighted by atomic mass is 32.2. The molecule has 0 spiro atoms. The third-order valence-electron chi connectivity index (χ3n) is 2.91. The molecule has 0 aliphatic heterocycles. The molecule has 1 heterocycles. The van der Waals surface area contributed by atoms with Crippen LogP contribution < -0.4 is 4.90 Å². The molecule has 0 saturated carbocycles. The molecule has 1 N–H and O–H groups in total. The zero-order valence-corrected chi connectivity index (χ0v) is 14.1. The van der Waals surface area contributed by atoms with Crippen LogP contribution >= 0.6 is 11.8 Å². The minimum Gasteiger partial charge on any atom is -0.481 e. The molecule has 0 atom stereocenters. The van der Waals surface area contributed by atoms with E-state index in [4.69, 9.17) is 5.11 Å². The van der Waals surface area contributed by atoms with Gasteiger partial charge in [0.2, 0.25) is 5.95 Å². The first-order valence-corrected chi connectivity index (χ1v) is 8.08. The number of hydrogen-bond donors (Lipinski definition) is 1. The Morgan fingerprint density at radius 3 is 2.57 bits per heavy atom. The fraction of sp³-hybridized carbons (Fsp3) is 0.769. The lowest BCUT2D eigenvalue weighted by molar-refractivity contribution is -0.133. The van der Waals surface area contributed by atoms with Crippen LogP contribution in [0, 0.1) is 0 Å². The van der Waals surface area contributed by atoms with Crippen LogP contribution in [0.5, 0.6) is 0 Å². The number of rotatable bonds is 10. The van der Waals surface area contributed by atoms with Gasteiger partial charge in [0.15, 0.2) is 5.16 Å². The monoisotopic (exact) mass is 315 g/mol. The summed E-state index contributed by atoms with van der Waals surface area (Å²) < 4.78 is 2.00. The molecule has 0 unspecified atom stereocenters. The Balaban J connectivity index is 2.73. The second-order valence-corrected chi connectivity index (χ2v) is 6.14. The van der Waals surface area contributed by atoms with Crippen LogP contribution in [0.4, 0.5) is 5.95 Å². The van der Waals surface area contributed by atoms with Crippen LogP contribution in [0.2, 0.25) is 0 Å². The standard InChI is InChI=1S/C13H25N5O2S/c1-5-7-18-12(17(4)9-6-8-16(2)3)14-15-13(18)21-10-11(19)20/h5-10H2,1-4H3,(H,19,20). The van der Waals surface area contributed by atoms with Crippen LogP contribution in [-0.4, -0.2) is 70.7 Å². The molecule has 0 fully saturated rings. The number of carbonyl (C=O) groups is 1. The van der Waals surface area contributed by atoms with E-state index in [-0.39, 0.29) is 5.75 Å². The predicted molar refractivity (Wildman–Crippen MR) is 85.1 cm³/mol. The Labute approximate surface area is 130 Å². The normalized spacial score (nSPS) is 11.1. The maximum Gasteiger partial charge on any atom is 0.313 e. The highest BCUT2D eigenvalue weighted by molar-refractivity contribution is 7.99. The largest absolute Gasteiger partial charge is 0.481 e. The fourth-order valence-electron chi connectivity index (χ4n) is 1.94. The van der Waals surface area contributed by atoms with E-state index in [0.29, 0.717) is 5.16 Å². The lowest BCUT2D eigenvalue weighted by Crippen LogP contribution is -2.26. The van der Waals surface area contributed by atoms with Gasteiger partial charge in [-0.3, -0.25) is 9.36 Å². The maximum absolute atomic E-state index is 10.7. The van der Waals surface area contributed by atoms with Crippen LogP contribution in [0.3, 0.4) is 0 Å². The van der Waals surface area contributed by atoms with Crippen molar-refractivity contribution in [1.82, 2.24) is 19.7 Å². The number of hydrogen-bond acceptors (Lipinski definition) is 6. The smallest absolute Gasteiger partial charge is 0.313 e. The van der Waals surface area contributed by atoms with Crippen molar-refractivity contribution >= 4 is 23.7 Å². The van der Waals surface area contributed by atoms with E-state index in [1.807, 2.05) is 11.6 Å². The molecule has 1 aromatic rings. The Hall–Kier alpha value is -1.28. The Morgan fingerprint density at radius 1 is 1.29 bits per heavy atom. The second-order valence-electron chi connectivity index (χ2n) is 5.20. The summed E-state index contributed by atoms with van der Waals surface area (Å²) in [5.41, 5.74) is 0. The summed E-state index contributed by atoms with van der Waals surface area (Å²) >= 11 is 1.22. The van der Waals surface area contributed by atoms with Crippen molar-refractivity contribution in [2.75, 3.05) is 44.9 Å². The summed E-state index contributed by atoms with van der Waals surface area (Å²) in [6.45, 7) is 4.79. The molecule has 8 heteroatoms. The van der Waals surface area contributed by atoms with Crippen LogP contribution in [0.15, 0.2) is 5.16 Å². The van der Waals surface area contributed by atoms with Crippen LogP contribution in [0.1, 0.15) is 19.8 Å². The first-order chi connectivity index (χ1) is 9.95. The molecule has 0 saturated heterocycles. The average Bonchev–Trinajstić information content (AvgIpc) is 2.79. The van der Waals surface area contributed by atoms with Gasteiger partial charge in [-0.2, -0.15) is 0 Å². The summed E-state index contributed by atoms with van der Waals surface area (Å²) in [6, 6.07) is 0. The van der Waals surface area contributed by atoms with Crippen molar-refractivity contribution in [3.8, 4) is 0 Å². The van der Waals surface area contributed by atoms with E-state index in [2.05, 4.69) is 41.0 Å². The number of carboxylic acid groups (broad SMARTS) is 1. The molecule has 0 aliphatic rings. The van der Waals surface area contributed by atoms with Gasteiger partial charge in [0.25, 0.3) is 0 Å². The fourth-order valence-corrected chi connectivity index (χ4v) is 2.62. The number of aromatic nitrogens is 3. The molecule has 1 rings (SSSR count).